The summed E-state index contributed by atoms with van der Waals surface area (Å²) >= 11 is 11.7. The van der Waals surface area contributed by atoms with E-state index in [-0.39, 0.29) is 0 Å². The normalized spacial score (nSPS) is 14.1. The monoisotopic (exact) mass is 231 g/mol. The zero-order valence-corrected chi connectivity index (χ0v) is 9.52. The largest absolute Gasteiger partial charge is 0.389 e. The van der Waals surface area contributed by atoms with Crippen molar-refractivity contribution in [3.05, 3.63) is 41.8 Å². The summed E-state index contributed by atoms with van der Waals surface area (Å²) in [4.78, 5) is 0. The third-order valence-electron chi connectivity index (χ3n) is 2.00. The first-order valence-corrected chi connectivity index (χ1v) is 5.17. The van der Waals surface area contributed by atoms with Crippen molar-refractivity contribution in [3.63, 3.8) is 0 Å². The molecule has 0 amide bonds. The molecule has 0 saturated carbocycles. The van der Waals surface area contributed by atoms with Crippen LogP contribution in [-0.4, -0.2) is 16.1 Å². The van der Waals surface area contributed by atoms with Crippen LogP contribution in [0.2, 0.25) is 5.02 Å². The van der Waals surface area contributed by atoms with Crippen molar-refractivity contribution in [2.75, 3.05) is 0 Å². The lowest BCUT2D eigenvalue weighted by Crippen LogP contribution is -2.33. The minimum Gasteiger partial charge on any atom is -0.389 e. The van der Waals surface area contributed by atoms with Gasteiger partial charge in [-0.2, -0.15) is 0 Å². The van der Waals surface area contributed by atoms with Gasteiger partial charge in [0.25, 0.3) is 0 Å². The van der Waals surface area contributed by atoms with Crippen molar-refractivity contribution < 1.29 is 5.11 Å². The molecule has 0 aliphatic carbocycles. The molecule has 0 heterocycles. The van der Waals surface area contributed by atoms with Crippen LogP contribution in [0.4, 0.5) is 0 Å². The van der Waals surface area contributed by atoms with Crippen molar-refractivity contribution >= 4 is 23.2 Å². The van der Waals surface area contributed by atoms with E-state index in [2.05, 4.69) is 6.92 Å². The molecule has 0 aliphatic rings. The second kappa shape index (κ2) is 4.52. The van der Waals surface area contributed by atoms with Crippen molar-refractivity contribution in [3.8, 4) is 0 Å². The van der Waals surface area contributed by atoms with Gasteiger partial charge in [0.2, 0.25) is 0 Å². The molecule has 1 N–H and O–H groups in total. The van der Waals surface area contributed by atoms with E-state index in [0.29, 0.717) is 11.4 Å². The number of rotatable bonds is 3. The van der Waals surface area contributed by atoms with E-state index in [9.17, 15) is 5.11 Å². The average Bonchev–Trinajstić information content (AvgIpc) is 2.07. The van der Waals surface area contributed by atoms with E-state index in [1.165, 1.54) is 0 Å². The minimum absolute atomic E-state index is 0.399. The van der Waals surface area contributed by atoms with E-state index in [1.54, 1.807) is 19.1 Å². The van der Waals surface area contributed by atoms with Crippen LogP contribution in [0.3, 0.4) is 0 Å². The van der Waals surface area contributed by atoms with Crippen LogP contribution in [0.5, 0.6) is 0 Å². The van der Waals surface area contributed by atoms with E-state index in [4.69, 9.17) is 23.2 Å². The summed E-state index contributed by atoms with van der Waals surface area (Å²) in [6.07, 6.45) is 0.579. The van der Waals surface area contributed by atoms with Gasteiger partial charge in [-0.25, -0.2) is 0 Å². The summed E-state index contributed by atoms with van der Waals surface area (Å²) < 4.78 is 0. The van der Waals surface area contributed by atoms with E-state index in [0.717, 1.165) is 5.56 Å². The number of hydrogen-bond donors (Lipinski definition) is 1. The van der Waals surface area contributed by atoms with Gasteiger partial charge in [0.15, 0.2) is 0 Å². The molecule has 1 aromatic rings. The number of benzene rings is 1. The summed E-state index contributed by atoms with van der Waals surface area (Å²) in [6.45, 7) is 5.18. The van der Waals surface area contributed by atoms with Crippen molar-refractivity contribution in [1.29, 1.82) is 0 Å². The Kier molecular flexibility index (Phi) is 3.82. The summed E-state index contributed by atoms with van der Waals surface area (Å²) in [7, 11) is 0. The number of alkyl halides is 1. The minimum atomic E-state index is -1.11. The fourth-order valence-corrected chi connectivity index (χ4v) is 1.35. The highest BCUT2D eigenvalue weighted by molar-refractivity contribution is 6.30. The molecular weight excluding hydrogens is 219 g/mol. The van der Waals surface area contributed by atoms with Gasteiger partial charge in [-0.15, -0.1) is 11.6 Å². The fourth-order valence-electron chi connectivity index (χ4n) is 1.05. The zero-order chi connectivity index (χ0) is 10.8. The molecule has 2 unspecified atom stereocenters. The number of aliphatic hydroxyl groups is 1. The van der Waals surface area contributed by atoms with Crippen molar-refractivity contribution in [1.82, 2.24) is 0 Å². The lowest BCUT2D eigenvalue weighted by atomic mass is 9.98. The standard InChI is InChI=1S/C11H13Cl2O/c1-11(2,14)10(13)7-8-3-5-9(12)6-4-8/h3-6,10,14H,1,7H2,2H3. The predicted molar refractivity (Wildman–Crippen MR) is 60.8 cm³/mol. The van der Waals surface area contributed by atoms with E-state index >= 15 is 0 Å². The zero-order valence-electron chi connectivity index (χ0n) is 8.00. The van der Waals surface area contributed by atoms with E-state index < -0.39 is 11.0 Å². The lowest BCUT2D eigenvalue weighted by molar-refractivity contribution is 0.103. The Morgan fingerprint density at radius 2 is 1.93 bits per heavy atom. The number of hydrogen-bond acceptors (Lipinski definition) is 1. The predicted octanol–water partition coefficient (Wildman–Crippen LogP) is 3.07. The summed E-state index contributed by atoms with van der Waals surface area (Å²) in [6, 6.07) is 7.39. The second-order valence-corrected chi connectivity index (χ2v) is 4.62. The van der Waals surface area contributed by atoms with Crippen LogP contribution in [0, 0.1) is 6.92 Å². The number of halogens is 2. The molecule has 1 nitrogen and oxygen atoms in total. The first-order chi connectivity index (χ1) is 6.39. The van der Waals surface area contributed by atoms with Crippen LogP contribution in [0.1, 0.15) is 12.5 Å². The Morgan fingerprint density at radius 3 is 2.36 bits per heavy atom. The van der Waals surface area contributed by atoms with E-state index in [1.807, 2.05) is 12.1 Å². The third kappa shape index (κ3) is 3.49. The highest BCUT2D eigenvalue weighted by Crippen LogP contribution is 2.20. The Bertz CT molecular complexity index is 287. The molecule has 1 radical (unpaired) electrons. The average molecular weight is 232 g/mol. The molecule has 77 valence electrons. The molecule has 0 aromatic heterocycles. The quantitative estimate of drug-likeness (QED) is 0.794. The van der Waals surface area contributed by atoms with Crippen molar-refractivity contribution in [2.24, 2.45) is 0 Å². The van der Waals surface area contributed by atoms with Gasteiger partial charge < -0.3 is 5.11 Å². The Balaban J connectivity index is 2.65. The molecule has 0 bridgehead atoms. The summed E-state index contributed by atoms with van der Waals surface area (Å²) in [5, 5.41) is 9.83. The molecule has 1 aromatic carbocycles. The van der Waals surface area contributed by atoms with Crippen LogP contribution in [0.15, 0.2) is 24.3 Å². The highest BCUT2D eigenvalue weighted by atomic mass is 35.5. The first-order valence-electron chi connectivity index (χ1n) is 4.36. The van der Waals surface area contributed by atoms with Crippen LogP contribution in [0.25, 0.3) is 0 Å². The topological polar surface area (TPSA) is 20.2 Å². The van der Waals surface area contributed by atoms with Gasteiger partial charge in [0.05, 0.1) is 11.0 Å². The van der Waals surface area contributed by atoms with Gasteiger partial charge in [-0.3, -0.25) is 0 Å². The molecule has 0 saturated heterocycles. The van der Waals surface area contributed by atoms with Gasteiger partial charge in [-0.05, 0) is 38.0 Å². The lowest BCUT2D eigenvalue weighted by Gasteiger charge is -2.23. The van der Waals surface area contributed by atoms with Crippen LogP contribution >= 0.6 is 23.2 Å². The Hall–Kier alpha value is -0.240. The van der Waals surface area contributed by atoms with Gasteiger partial charge >= 0.3 is 0 Å². The molecular formula is C11H13Cl2O. The van der Waals surface area contributed by atoms with Gasteiger partial charge in [0.1, 0.15) is 0 Å². The molecule has 14 heavy (non-hydrogen) atoms. The highest BCUT2D eigenvalue weighted by Gasteiger charge is 2.24. The third-order valence-corrected chi connectivity index (χ3v) is 2.88. The maximum atomic E-state index is 9.53. The smallest absolute Gasteiger partial charge is 0.0786 e. The molecule has 2 atom stereocenters. The summed E-state index contributed by atoms with van der Waals surface area (Å²) in [5.74, 6) is 0. The van der Waals surface area contributed by atoms with Crippen molar-refractivity contribution in [2.45, 2.75) is 24.3 Å². The molecule has 3 heteroatoms. The molecule has 0 spiro atoms. The Morgan fingerprint density at radius 1 is 1.43 bits per heavy atom. The first kappa shape index (κ1) is 11.8. The van der Waals surface area contributed by atoms with Crippen LogP contribution in [-0.2, 0) is 6.42 Å². The second-order valence-electron chi connectivity index (χ2n) is 3.66. The molecule has 0 aliphatic heterocycles. The molecule has 0 fully saturated rings. The summed E-state index contributed by atoms with van der Waals surface area (Å²) in [5.41, 5.74) is -0.0698. The maximum absolute atomic E-state index is 9.53. The van der Waals surface area contributed by atoms with Gasteiger partial charge in [-0.1, -0.05) is 23.7 Å². The van der Waals surface area contributed by atoms with Gasteiger partial charge in [0, 0.05) is 5.02 Å². The fraction of sp³-hybridized carbons (Fsp3) is 0.364. The maximum Gasteiger partial charge on any atom is 0.0786 e. The molecule has 1 rings (SSSR count). The Labute approximate surface area is 94.7 Å². The SMILES string of the molecule is [CH2]C(C)(O)C(Cl)Cc1ccc(Cl)cc1. The van der Waals surface area contributed by atoms with Crippen LogP contribution < -0.4 is 0 Å².